The van der Waals surface area contributed by atoms with E-state index in [1.165, 1.54) is 25.7 Å². The quantitative estimate of drug-likeness (QED) is 0.512. The average Bonchev–Trinajstić information content (AvgIpc) is 2.53. The van der Waals surface area contributed by atoms with Gasteiger partial charge in [-0.15, -0.1) is 0 Å². The largest absolute Gasteiger partial charge is 0.359 e. The number of hydrogen-bond acceptors (Lipinski definition) is 2. The topological polar surface area (TPSA) is 18.5 Å². The molecule has 0 aromatic rings. The second-order valence-corrected chi connectivity index (χ2v) is 5.49. The van der Waals surface area contributed by atoms with E-state index in [4.69, 9.17) is 9.47 Å². The lowest BCUT2D eigenvalue weighted by Gasteiger charge is -2.41. The Balaban J connectivity index is 2.54. The van der Waals surface area contributed by atoms with Crippen molar-refractivity contribution in [1.82, 2.24) is 0 Å². The lowest BCUT2D eigenvalue weighted by Crippen LogP contribution is -2.37. The first-order valence-electron chi connectivity index (χ1n) is 5.58. The van der Waals surface area contributed by atoms with Gasteiger partial charge in [-0.1, -0.05) is 33.6 Å². The maximum absolute atomic E-state index is 5.57. The first-order valence-corrected chi connectivity index (χ1v) is 5.58. The number of methoxy groups -OCH3 is 1. The van der Waals surface area contributed by atoms with Crippen molar-refractivity contribution in [2.75, 3.05) is 20.5 Å². The summed E-state index contributed by atoms with van der Waals surface area (Å²) in [5, 5.41) is 0. The van der Waals surface area contributed by atoms with Gasteiger partial charge in [0, 0.05) is 7.11 Å². The van der Waals surface area contributed by atoms with Crippen LogP contribution < -0.4 is 0 Å². The van der Waals surface area contributed by atoms with Crippen LogP contribution in [0.3, 0.4) is 0 Å². The van der Waals surface area contributed by atoms with Crippen molar-refractivity contribution in [2.45, 2.75) is 46.5 Å². The second-order valence-electron chi connectivity index (χ2n) is 5.49. The number of ether oxygens (including phenoxy) is 2. The van der Waals surface area contributed by atoms with E-state index >= 15 is 0 Å². The molecule has 0 atom stereocenters. The summed E-state index contributed by atoms with van der Waals surface area (Å²) in [6, 6.07) is 0. The fraction of sp³-hybridized carbons (Fsp3) is 1.00. The molecule has 2 heteroatoms. The van der Waals surface area contributed by atoms with Gasteiger partial charge in [0.2, 0.25) is 0 Å². The monoisotopic (exact) mass is 200 g/mol. The van der Waals surface area contributed by atoms with E-state index in [9.17, 15) is 0 Å². The molecule has 0 bridgehead atoms. The summed E-state index contributed by atoms with van der Waals surface area (Å²) in [7, 11) is 1.68. The fourth-order valence-electron chi connectivity index (χ4n) is 2.48. The highest BCUT2D eigenvalue weighted by atomic mass is 16.7. The molecule has 1 aliphatic rings. The molecular formula is C12H24O2. The van der Waals surface area contributed by atoms with Crippen LogP contribution in [-0.2, 0) is 9.47 Å². The van der Waals surface area contributed by atoms with Crippen molar-refractivity contribution in [3.05, 3.63) is 0 Å². The van der Waals surface area contributed by atoms with Crippen LogP contribution in [0, 0.1) is 10.8 Å². The molecule has 1 fully saturated rings. The van der Waals surface area contributed by atoms with Gasteiger partial charge in [0.05, 0.1) is 6.61 Å². The molecule has 84 valence electrons. The minimum Gasteiger partial charge on any atom is -0.359 e. The van der Waals surface area contributed by atoms with Crippen molar-refractivity contribution in [2.24, 2.45) is 10.8 Å². The highest BCUT2D eigenvalue weighted by Crippen LogP contribution is 2.51. The SMILES string of the molecule is COCOCC1(C(C)(C)C)CCCC1. The van der Waals surface area contributed by atoms with Crippen LogP contribution in [0.15, 0.2) is 0 Å². The van der Waals surface area contributed by atoms with E-state index in [1.807, 2.05) is 0 Å². The second kappa shape index (κ2) is 4.63. The van der Waals surface area contributed by atoms with Crippen LogP contribution in [-0.4, -0.2) is 20.5 Å². The van der Waals surface area contributed by atoms with Gasteiger partial charge in [-0.25, -0.2) is 0 Å². The van der Waals surface area contributed by atoms with Crippen molar-refractivity contribution in [1.29, 1.82) is 0 Å². The fourth-order valence-corrected chi connectivity index (χ4v) is 2.48. The molecule has 0 amide bonds. The smallest absolute Gasteiger partial charge is 0.146 e. The third-order valence-corrected chi connectivity index (χ3v) is 3.73. The number of hydrogen-bond donors (Lipinski definition) is 0. The van der Waals surface area contributed by atoms with E-state index in [0.29, 0.717) is 17.6 Å². The molecule has 2 nitrogen and oxygen atoms in total. The molecule has 1 saturated carbocycles. The lowest BCUT2D eigenvalue weighted by molar-refractivity contribution is -0.0909. The van der Waals surface area contributed by atoms with Gasteiger partial charge in [0.1, 0.15) is 6.79 Å². The first kappa shape index (κ1) is 12.0. The van der Waals surface area contributed by atoms with Gasteiger partial charge in [-0.3, -0.25) is 0 Å². The molecule has 0 unspecified atom stereocenters. The molecule has 0 N–H and O–H groups in total. The molecule has 1 aliphatic carbocycles. The Kier molecular flexibility index (Phi) is 3.96. The zero-order valence-corrected chi connectivity index (χ0v) is 10.1. The predicted molar refractivity (Wildman–Crippen MR) is 58.2 cm³/mol. The van der Waals surface area contributed by atoms with Gasteiger partial charge in [0.25, 0.3) is 0 Å². The Hall–Kier alpha value is -0.0800. The highest BCUT2D eigenvalue weighted by Gasteiger charge is 2.43. The van der Waals surface area contributed by atoms with Gasteiger partial charge in [-0.05, 0) is 23.7 Å². The molecular weight excluding hydrogens is 176 g/mol. The van der Waals surface area contributed by atoms with E-state index in [2.05, 4.69) is 20.8 Å². The Morgan fingerprint density at radius 3 is 2.14 bits per heavy atom. The Bertz CT molecular complexity index is 164. The summed E-state index contributed by atoms with van der Waals surface area (Å²) in [6.07, 6.45) is 5.32. The Morgan fingerprint density at radius 1 is 1.14 bits per heavy atom. The van der Waals surface area contributed by atoms with Gasteiger partial charge >= 0.3 is 0 Å². The maximum atomic E-state index is 5.57. The van der Waals surface area contributed by atoms with Crippen LogP contribution in [0.2, 0.25) is 0 Å². The third kappa shape index (κ3) is 2.48. The van der Waals surface area contributed by atoms with Gasteiger partial charge < -0.3 is 9.47 Å². The molecule has 0 aliphatic heterocycles. The van der Waals surface area contributed by atoms with Crippen molar-refractivity contribution in [3.63, 3.8) is 0 Å². The van der Waals surface area contributed by atoms with Gasteiger partial charge in [-0.2, -0.15) is 0 Å². The molecule has 0 saturated heterocycles. The average molecular weight is 200 g/mol. The van der Waals surface area contributed by atoms with Crippen molar-refractivity contribution in [3.8, 4) is 0 Å². The molecule has 0 aromatic heterocycles. The van der Waals surface area contributed by atoms with Crippen LogP contribution in [0.25, 0.3) is 0 Å². The standard InChI is InChI=1S/C12H24O2/c1-11(2,3)12(7-5-6-8-12)9-14-10-13-4/h5-10H2,1-4H3. The molecule has 0 spiro atoms. The van der Waals surface area contributed by atoms with Crippen LogP contribution in [0.4, 0.5) is 0 Å². The summed E-state index contributed by atoms with van der Waals surface area (Å²) in [5.41, 5.74) is 0.725. The van der Waals surface area contributed by atoms with Crippen molar-refractivity contribution >= 4 is 0 Å². The van der Waals surface area contributed by atoms with Gasteiger partial charge in [0.15, 0.2) is 0 Å². The van der Waals surface area contributed by atoms with E-state index in [-0.39, 0.29) is 0 Å². The minimum absolute atomic E-state index is 0.344. The minimum atomic E-state index is 0.344. The summed E-state index contributed by atoms with van der Waals surface area (Å²) in [5.74, 6) is 0. The molecule has 0 radical (unpaired) electrons. The summed E-state index contributed by atoms with van der Waals surface area (Å²) >= 11 is 0. The zero-order valence-electron chi connectivity index (χ0n) is 10.1. The normalized spacial score (nSPS) is 21.4. The highest BCUT2D eigenvalue weighted by molar-refractivity contribution is 4.93. The van der Waals surface area contributed by atoms with Crippen LogP contribution in [0.1, 0.15) is 46.5 Å². The zero-order chi connectivity index (χ0) is 10.7. The molecule has 14 heavy (non-hydrogen) atoms. The predicted octanol–water partition coefficient (Wildman–Crippen LogP) is 3.21. The van der Waals surface area contributed by atoms with Crippen LogP contribution in [0.5, 0.6) is 0 Å². The van der Waals surface area contributed by atoms with Crippen LogP contribution >= 0.6 is 0 Å². The third-order valence-electron chi connectivity index (χ3n) is 3.73. The summed E-state index contributed by atoms with van der Waals surface area (Å²) < 4.78 is 10.5. The molecule has 0 heterocycles. The first-order chi connectivity index (χ1) is 6.52. The Morgan fingerprint density at radius 2 is 1.71 bits per heavy atom. The van der Waals surface area contributed by atoms with E-state index in [1.54, 1.807) is 7.11 Å². The molecule has 0 aromatic carbocycles. The lowest BCUT2D eigenvalue weighted by atomic mass is 9.66. The summed E-state index contributed by atoms with van der Waals surface area (Å²) in [4.78, 5) is 0. The number of rotatable bonds is 4. The van der Waals surface area contributed by atoms with E-state index in [0.717, 1.165) is 6.61 Å². The Labute approximate surface area is 88.0 Å². The maximum Gasteiger partial charge on any atom is 0.146 e. The van der Waals surface area contributed by atoms with Crippen molar-refractivity contribution < 1.29 is 9.47 Å². The summed E-state index contributed by atoms with van der Waals surface area (Å²) in [6.45, 7) is 8.26. The molecule has 1 rings (SSSR count). The van der Waals surface area contributed by atoms with E-state index < -0.39 is 0 Å².